The minimum Gasteiger partial charge on any atom is -0.348 e. The molecule has 2 rings (SSSR count). The molecule has 100 valence electrons. The van der Waals surface area contributed by atoms with Crippen molar-refractivity contribution in [2.75, 3.05) is 13.1 Å². The Morgan fingerprint density at radius 2 is 2.28 bits per heavy atom. The molecule has 0 aliphatic carbocycles. The third-order valence-corrected chi connectivity index (χ3v) is 3.31. The first-order valence-corrected chi connectivity index (χ1v) is 6.32. The summed E-state index contributed by atoms with van der Waals surface area (Å²) in [6.07, 6.45) is 2.15. The van der Waals surface area contributed by atoms with Crippen molar-refractivity contribution in [3.8, 4) is 0 Å². The second kappa shape index (κ2) is 6.98. The van der Waals surface area contributed by atoms with Crippen molar-refractivity contribution in [2.45, 2.75) is 25.8 Å². The van der Waals surface area contributed by atoms with Crippen molar-refractivity contribution in [1.82, 2.24) is 10.6 Å². The number of nitrogens with one attached hydrogen (secondary N) is 2. The molecule has 1 aliphatic heterocycles. The summed E-state index contributed by atoms with van der Waals surface area (Å²) in [5.74, 6) is -0.0290. The molecule has 0 aromatic heterocycles. The van der Waals surface area contributed by atoms with Gasteiger partial charge in [0.05, 0.1) is 0 Å². The smallest absolute Gasteiger partial charge is 0.251 e. The van der Waals surface area contributed by atoms with Gasteiger partial charge in [0.25, 0.3) is 5.91 Å². The molecule has 0 radical (unpaired) electrons. The molecule has 0 unspecified atom stereocenters. The van der Waals surface area contributed by atoms with Gasteiger partial charge in [-0.05, 0) is 44.0 Å². The number of benzene rings is 1. The zero-order chi connectivity index (χ0) is 12.3. The third-order valence-electron chi connectivity index (χ3n) is 3.08. The van der Waals surface area contributed by atoms with Crippen LogP contribution in [0.15, 0.2) is 18.2 Å². The van der Waals surface area contributed by atoms with Gasteiger partial charge in [0.15, 0.2) is 0 Å². The van der Waals surface area contributed by atoms with Gasteiger partial charge in [0, 0.05) is 23.2 Å². The summed E-state index contributed by atoms with van der Waals surface area (Å²) in [5, 5.41) is 6.92. The van der Waals surface area contributed by atoms with Gasteiger partial charge >= 0.3 is 0 Å². The Morgan fingerprint density at radius 3 is 2.94 bits per heavy atom. The number of hydrogen-bond donors (Lipinski definition) is 2. The van der Waals surface area contributed by atoms with Crippen LogP contribution in [0.25, 0.3) is 0 Å². The molecule has 0 saturated carbocycles. The molecular weight excluding hydrogens is 271 g/mol. The fraction of sp³-hybridized carbons (Fsp3) is 0.462. The number of amides is 1. The van der Waals surface area contributed by atoms with Crippen molar-refractivity contribution >= 4 is 29.9 Å². The van der Waals surface area contributed by atoms with Crippen molar-refractivity contribution in [2.24, 2.45) is 0 Å². The summed E-state index contributed by atoms with van der Waals surface area (Å²) in [4.78, 5) is 12.1. The highest BCUT2D eigenvalue weighted by molar-refractivity contribution is 6.31. The van der Waals surface area contributed by atoms with Crippen LogP contribution in [-0.2, 0) is 0 Å². The van der Waals surface area contributed by atoms with Crippen molar-refractivity contribution in [3.05, 3.63) is 34.3 Å². The van der Waals surface area contributed by atoms with Gasteiger partial charge in [-0.1, -0.05) is 17.7 Å². The standard InChI is InChI=1S/C13H17ClN2O.ClH/c1-9-4-5-10(14)7-12(9)13(17)16-11-3-2-6-15-8-11;/h4-5,7,11,15H,2-3,6,8H2,1H3,(H,16,17);1H/t11-;/m1./s1. The fourth-order valence-corrected chi connectivity index (χ4v) is 2.25. The van der Waals surface area contributed by atoms with Crippen LogP contribution in [0.2, 0.25) is 5.02 Å². The summed E-state index contributed by atoms with van der Waals surface area (Å²) in [5.41, 5.74) is 1.62. The van der Waals surface area contributed by atoms with E-state index in [4.69, 9.17) is 11.6 Å². The first kappa shape index (κ1) is 15.3. The van der Waals surface area contributed by atoms with Gasteiger partial charge in [-0.15, -0.1) is 12.4 Å². The molecule has 1 fully saturated rings. The highest BCUT2D eigenvalue weighted by Crippen LogP contribution is 2.15. The summed E-state index contributed by atoms with van der Waals surface area (Å²) >= 11 is 5.91. The first-order valence-electron chi connectivity index (χ1n) is 5.94. The second-order valence-electron chi connectivity index (χ2n) is 4.48. The van der Waals surface area contributed by atoms with E-state index in [1.165, 1.54) is 0 Å². The lowest BCUT2D eigenvalue weighted by Crippen LogP contribution is -2.45. The number of piperidine rings is 1. The van der Waals surface area contributed by atoms with Crippen LogP contribution in [0.4, 0.5) is 0 Å². The van der Waals surface area contributed by atoms with E-state index >= 15 is 0 Å². The lowest BCUT2D eigenvalue weighted by molar-refractivity contribution is 0.0930. The fourth-order valence-electron chi connectivity index (χ4n) is 2.08. The van der Waals surface area contributed by atoms with Crippen molar-refractivity contribution < 1.29 is 4.79 Å². The predicted octanol–water partition coefficient (Wildman–Crippen LogP) is 2.55. The van der Waals surface area contributed by atoms with Crippen molar-refractivity contribution in [1.29, 1.82) is 0 Å². The zero-order valence-corrected chi connectivity index (χ0v) is 11.9. The normalized spacial score (nSPS) is 18.9. The molecule has 18 heavy (non-hydrogen) atoms. The van der Waals surface area contributed by atoms with Gasteiger partial charge < -0.3 is 10.6 Å². The lowest BCUT2D eigenvalue weighted by Gasteiger charge is -2.24. The molecule has 2 N–H and O–H groups in total. The van der Waals surface area contributed by atoms with E-state index in [0.29, 0.717) is 10.6 Å². The molecule has 1 aromatic carbocycles. The number of carbonyl (C=O) groups excluding carboxylic acids is 1. The van der Waals surface area contributed by atoms with Crippen LogP contribution in [0.5, 0.6) is 0 Å². The summed E-state index contributed by atoms with van der Waals surface area (Å²) in [6.45, 7) is 3.82. The van der Waals surface area contributed by atoms with E-state index in [-0.39, 0.29) is 24.4 Å². The predicted molar refractivity (Wildman–Crippen MR) is 76.8 cm³/mol. The van der Waals surface area contributed by atoms with E-state index in [1.807, 2.05) is 13.0 Å². The van der Waals surface area contributed by atoms with Gasteiger partial charge in [0.2, 0.25) is 0 Å². The van der Waals surface area contributed by atoms with Crippen LogP contribution in [0, 0.1) is 6.92 Å². The quantitative estimate of drug-likeness (QED) is 0.878. The first-order chi connectivity index (χ1) is 8.16. The SMILES string of the molecule is Cc1ccc(Cl)cc1C(=O)N[C@@H]1CCCNC1.Cl. The van der Waals surface area contributed by atoms with E-state index in [1.54, 1.807) is 12.1 Å². The molecule has 1 heterocycles. The largest absolute Gasteiger partial charge is 0.348 e. The van der Waals surface area contributed by atoms with Gasteiger partial charge in [-0.3, -0.25) is 4.79 Å². The van der Waals surface area contributed by atoms with Gasteiger partial charge in [-0.25, -0.2) is 0 Å². The Kier molecular flexibility index (Phi) is 5.93. The molecule has 1 atom stereocenters. The Hall–Kier alpha value is -0.770. The third kappa shape index (κ3) is 3.87. The summed E-state index contributed by atoms with van der Waals surface area (Å²) in [7, 11) is 0. The minimum atomic E-state index is -0.0290. The number of carbonyl (C=O) groups is 1. The summed E-state index contributed by atoms with van der Waals surface area (Å²) < 4.78 is 0. The maximum Gasteiger partial charge on any atom is 0.251 e. The average Bonchev–Trinajstić information content (AvgIpc) is 2.33. The Balaban J connectivity index is 0.00000162. The highest BCUT2D eigenvalue weighted by Gasteiger charge is 2.17. The number of hydrogen-bond acceptors (Lipinski definition) is 2. The maximum absolute atomic E-state index is 12.1. The maximum atomic E-state index is 12.1. The highest BCUT2D eigenvalue weighted by atomic mass is 35.5. The van der Waals surface area contributed by atoms with Crippen LogP contribution in [-0.4, -0.2) is 25.0 Å². The van der Waals surface area contributed by atoms with Gasteiger partial charge in [0.1, 0.15) is 0 Å². The summed E-state index contributed by atoms with van der Waals surface area (Å²) in [6, 6.07) is 5.63. The second-order valence-corrected chi connectivity index (χ2v) is 4.91. The minimum absolute atomic E-state index is 0. The van der Waals surface area contributed by atoms with Crippen LogP contribution >= 0.6 is 24.0 Å². The molecule has 0 bridgehead atoms. The molecule has 1 saturated heterocycles. The Labute approximate surface area is 119 Å². The molecule has 1 aliphatic rings. The van der Waals surface area contributed by atoms with Gasteiger partial charge in [-0.2, -0.15) is 0 Å². The van der Waals surface area contributed by atoms with E-state index in [2.05, 4.69) is 10.6 Å². The van der Waals surface area contributed by atoms with E-state index in [9.17, 15) is 4.79 Å². The van der Waals surface area contributed by atoms with Crippen LogP contribution in [0.3, 0.4) is 0 Å². The van der Waals surface area contributed by atoms with Crippen molar-refractivity contribution in [3.63, 3.8) is 0 Å². The van der Waals surface area contributed by atoms with Crippen LogP contribution < -0.4 is 10.6 Å². The molecule has 3 nitrogen and oxygen atoms in total. The molecular formula is C13H18Cl2N2O. The molecule has 0 spiro atoms. The molecule has 1 aromatic rings. The number of halogens is 2. The lowest BCUT2D eigenvalue weighted by atomic mass is 10.1. The Morgan fingerprint density at radius 1 is 1.50 bits per heavy atom. The topological polar surface area (TPSA) is 41.1 Å². The monoisotopic (exact) mass is 288 g/mol. The van der Waals surface area contributed by atoms with E-state index in [0.717, 1.165) is 31.5 Å². The van der Waals surface area contributed by atoms with E-state index < -0.39 is 0 Å². The zero-order valence-electron chi connectivity index (χ0n) is 10.3. The Bertz CT molecular complexity index is 417. The number of aryl methyl sites for hydroxylation is 1. The molecule has 1 amide bonds. The molecule has 5 heteroatoms. The average molecular weight is 289 g/mol. The van der Waals surface area contributed by atoms with Crippen LogP contribution in [0.1, 0.15) is 28.8 Å². The number of rotatable bonds is 2.